The Morgan fingerprint density at radius 1 is 1.19 bits per heavy atom. The highest BCUT2D eigenvalue weighted by Crippen LogP contribution is 2.29. The second kappa shape index (κ2) is 8.77. The Hall–Kier alpha value is -3.39. The van der Waals surface area contributed by atoms with Gasteiger partial charge in [-0.15, -0.1) is 11.3 Å². The number of aryl methyl sites for hydroxylation is 2. The topological polar surface area (TPSA) is 80.4 Å². The molecule has 0 fully saturated rings. The van der Waals surface area contributed by atoms with Gasteiger partial charge >= 0.3 is 0 Å². The average Bonchev–Trinajstić information content (AvgIpc) is 3.47. The standard InChI is InChI=1S/C23H24N4O3S/c1-15-6-8-17(9-7-15)13-27-23-19(16(2)25-27)11-20(31-23)22(29)26(3)14-21(28)24-12-18-5-4-10-30-18/h4-11H,12-14H2,1-3H3,(H,24,28). The minimum atomic E-state index is -0.241. The number of hydrogen-bond donors (Lipinski definition) is 1. The van der Waals surface area contributed by atoms with Crippen LogP contribution in [0.1, 0.15) is 32.3 Å². The van der Waals surface area contributed by atoms with Crippen molar-refractivity contribution in [1.82, 2.24) is 20.0 Å². The van der Waals surface area contributed by atoms with E-state index in [0.29, 0.717) is 23.7 Å². The summed E-state index contributed by atoms with van der Waals surface area (Å²) in [7, 11) is 1.63. The minimum Gasteiger partial charge on any atom is -0.467 e. The van der Waals surface area contributed by atoms with Gasteiger partial charge in [0.2, 0.25) is 5.91 Å². The smallest absolute Gasteiger partial charge is 0.264 e. The third-order valence-corrected chi connectivity index (χ3v) is 6.17. The van der Waals surface area contributed by atoms with Crippen molar-refractivity contribution >= 4 is 33.4 Å². The quantitative estimate of drug-likeness (QED) is 0.479. The number of nitrogens with zero attached hydrogens (tertiary/aromatic N) is 3. The highest BCUT2D eigenvalue weighted by Gasteiger charge is 2.20. The SMILES string of the molecule is Cc1ccc(Cn2nc(C)c3cc(C(=O)N(C)CC(=O)NCc4ccco4)sc32)cc1. The number of nitrogens with one attached hydrogen (secondary N) is 1. The summed E-state index contributed by atoms with van der Waals surface area (Å²) in [4.78, 5) is 28.1. The van der Waals surface area contributed by atoms with Crippen molar-refractivity contribution in [3.63, 3.8) is 0 Å². The molecule has 0 saturated heterocycles. The number of furan rings is 1. The van der Waals surface area contributed by atoms with E-state index in [1.807, 2.05) is 17.7 Å². The van der Waals surface area contributed by atoms with Crippen LogP contribution in [0.4, 0.5) is 0 Å². The van der Waals surface area contributed by atoms with E-state index in [4.69, 9.17) is 4.42 Å². The van der Waals surface area contributed by atoms with Crippen molar-refractivity contribution < 1.29 is 14.0 Å². The second-order valence-corrected chi connectivity index (χ2v) is 8.61. The van der Waals surface area contributed by atoms with Gasteiger partial charge in [0.05, 0.1) is 36.5 Å². The molecular weight excluding hydrogens is 412 g/mol. The van der Waals surface area contributed by atoms with Gasteiger partial charge in [0.1, 0.15) is 10.6 Å². The van der Waals surface area contributed by atoms with Gasteiger partial charge in [-0.3, -0.25) is 14.3 Å². The van der Waals surface area contributed by atoms with Crippen LogP contribution in [0, 0.1) is 13.8 Å². The third-order valence-electron chi connectivity index (χ3n) is 5.04. The number of aromatic nitrogens is 2. The number of carbonyl (C=O) groups is 2. The molecule has 0 saturated carbocycles. The van der Waals surface area contributed by atoms with Crippen LogP contribution in [0.3, 0.4) is 0 Å². The fourth-order valence-corrected chi connectivity index (χ4v) is 4.48. The van der Waals surface area contributed by atoms with Crippen LogP contribution in [-0.4, -0.2) is 40.1 Å². The summed E-state index contributed by atoms with van der Waals surface area (Å²) >= 11 is 1.40. The Bertz CT molecular complexity index is 1210. The zero-order chi connectivity index (χ0) is 22.0. The maximum atomic E-state index is 12.9. The molecule has 1 aromatic carbocycles. The second-order valence-electron chi connectivity index (χ2n) is 7.58. The number of carbonyl (C=O) groups excluding carboxylic acids is 2. The first kappa shape index (κ1) is 20.9. The van der Waals surface area contributed by atoms with Crippen LogP contribution in [0.25, 0.3) is 10.2 Å². The Balaban J connectivity index is 1.45. The van der Waals surface area contributed by atoms with E-state index in [9.17, 15) is 9.59 Å². The molecule has 31 heavy (non-hydrogen) atoms. The highest BCUT2D eigenvalue weighted by atomic mass is 32.1. The van der Waals surface area contributed by atoms with Gasteiger partial charge in [-0.2, -0.15) is 5.10 Å². The number of thiophene rings is 1. The van der Waals surface area contributed by atoms with Crippen molar-refractivity contribution in [3.05, 3.63) is 76.2 Å². The summed E-state index contributed by atoms with van der Waals surface area (Å²) in [6.07, 6.45) is 1.56. The van der Waals surface area contributed by atoms with Crippen LogP contribution >= 0.6 is 11.3 Å². The molecule has 0 unspecified atom stereocenters. The monoisotopic (exact) mass is 436 g/mol. The Labute approximate surface area is 184 Å². The van der Waals surface area contributed by atoms with Gasteiger partial charge < -0.3 is 14.6 Å². The number of hydrogen-bond acceptors (Lipinski definition) is 5. The van der Waals surface area contributed by atoms with Gasteiger partial charge in [0.25, 0.3) is 5.91 Å². The first-order chi connectivity index (χ1) is 14.9. The van der Waals surface area contributed by atoms with Crippen LogP contribution in [0.5, 0.6) is 0 Å². The fraction of sp³-hybridized carbons (Fsp3) is 0.261. The summed E-state index contributed by atoms with van der Waals surface area (Å²) in [5.74, 6) is 0.242. The molecule has 3 aromatic heterocycles. The first-order valence-corrected chi connectivity index (χ1v) is 10.8. The van der Waals surface area contributed by atoms with E-state index in [1.165, 1.54) is 21.8 Å². The normalized spacial score (nSPS) is 11.1. The minimum absolute atomic E-state index is 0.0255. The van der Waals surface area contributed by atoms with Crippen LogP contribution in [0.15, 0.2) is 53.1 Å². The summed E-state index contributed by atoms with van der Waals surface area (Å²) in [6, 6.07) is 13.8. The van der Waals surface area contributed by atoms with E-state index in [2.05, 4.69) is 41.6 Å². The number of rotatable bonds is 7. The van der Waals surface area contributed by atoms with Crippen molar-refractivity contribution in [2.24, 2.45) is 0 Å². The molecule has 0 aliphatic rings. The maximum Gasteiger partial charge on any atom is 0.264 e. The summed E-state index contributed by atoms with van der Waals surface area (Å²) in [6.45, 7) is 4.92. The molecule has 160 valence electrons. The lowest BCUT2D eigenvalue weighted by Gasteiger charge is -2.15. The fourth-order valence-electron chi connectivity index (χ4n) is 3.32. The molecule has 0 spiro atoms. The van der Waals surface area contributed by atoms with Crippen molar-refractivity contribution in [3.8, 4) is 0 Å². The molecule has 4 rings (SSSR count). The van der Waals surface area contributed by atoms with Crippen LogP contribution < -0.4 is 5.32 Å². The Kier molecular flexibility index (Phi) is 5.90. The average molecular weight is 437 g/mol. The molecule has 0 bridgehead atoms. The zero-order valence-electron chi connectivity index (χ0n) is 17.7. The third kappa shape index (κ3) is 4.69. The lowest BCUT2D eigenvalue weighted by molar-refractivity contribution is -0.121. The van der Waals surface area contributed by atoms with E-state index in [1.54, 1.807) is 25.4 Å². The predicted octanol–water partition coefficient (Wildman–Crippen LogP) is 3.74. The molecule has 3 heterocycles. The van der Waals surface area contributed by atoms with Gasteiger partial charge in [-0.1, -0.05) is 29.8 Å². The number of likely N-dealkylation sites (N-methyl/N-ethyl adjacent to an activating group) is 1. The molecule has 7 nitrogen and oxygen atoms in total. The molecular formula is C23H24N4O3S. The molecule has 0 radical (unpaired) electrons. The maximum absolute atomic E-state index is 12.9. The van der Waals surface area contributed by atoms with Crippen molar-refractivity contribution in [1.29, 1.82) is 0 Å². The van der Waals surface area contributed by atoms with Crippen molar-refractivity contribution in [2.75, 3.05) is 13.6 Å². The number of benzene rings is 1. The molecule has 1 N–H and O–H groups in total. The van der Waals surface area contributed by atoms with Gasteiger partial charge in [0, 0.05) is 12.4 Å². The molecule has 2 amide bonds. The van der Waals surface area contributed by atoms with Crippen molar-refractivity contribution in [2.45, 2.75) is 26.9 Å². The lowest BCUT2D eigenvalue weighted by atomic mass is 10.1. The van der Waals surface area contributed by atoms with Crippen LogP contribution in [0.2, 0.25) is 0 Å². The summed E-state index contributed by atoms with van der Waals surface area (Å²) in [5, 5.41) is 8.36. The zero-order valence-corrected chi connectivity index (χ0v) is 18.5. The van der Waals surface area contributed by atoms with Gasteiger partial charge in [-0.05, 0) is 37.6 Å². The first-order valence-electron chi connectivity index (χ1n) is 9.98. The number of amides is 2. The Morgan fingerprint density at radius 3 is 2.68 bits per heavy atom. The van der Waals surface area contributed by atoms with Crippen LogP contribution in [-0.2, 0) is 17.9 Å². The highest BCUT2D eigenvalue weighted by molar-refractivity contribution is 7.20. The predicted molar refractivity (Wildman–Crippen MR) is 120 cm³/mol. The van der Waals surface area contributed by atoms with E-state index < -0.39 is 0 Å². The summed E-state index contributed by atoms with van der Waals surface area (Å²) in [5.41, 5.74) is 3.25. The van der Waals surface area contributed by atoms with Gasteiger partial charge in [0.15, 0.2) is 0 Å². The Morgan fingerprint density at radius 2 is 1.97 bits per heavy atom. The van der Waals surface area contributed by atoms with E-state index >= 15 is 0 Å². The molecule has 8 heteroatoms. The molecule has 0 aliphatic heterocycles. The number of fused-ring (bicyclic) bond motifs is 1. The molecule has 0 atom stereocenters. The van der Waals surface area contributed by atoms with E-state index in [-0.39, 0.29) is 18.4 Å². The van der Waals surface area contributed by atoms with E-state index in [0.717, 1.165) is 21.5 Å². The summed E-state index contributed by atoms with van der Waals surface area (Å²) < 4.78 is 7.14. The van der Waals surface area contributed by atoms with Gasteiger partial charge in [-0.25, -0.2) is 0 Å². The molecule has 4 aromatic rings. The lowest BCUT2D eigenvalue weighted by Crippen LogP contribution is -2.37. The largest absolute Gasteiger partial charge is 0.467 e. The molecule has 0 aliphatic carbocycles.